The standard InChI is InChI=1S/C33H31F2N3O10S3/c1-19-5-9-22(10-6-19)50(42,43)16-14-23-24(31(39)40)11-7-20(2)30(23)51(44,45)38-27-12-8-21(48-32(34)35)17-25(27)37-33(38)49(41)18-26-29(47-4)28(46-3)13-15-36-26/h5-13,15,17,32H,14,16,18H2,1-4H3,(H,39,40). The number of carboxylic acids is 1. The van der Waals surface area contributed by atoms with Crippen molar-refractivity contribution in [3.05, 3.63) is 94.8 Å². The number of methoxy groups -OCH3 is 2. The third-order valence-corrected chi connectivity index (χ3v) is 12.8. The smallest absolute Gasteiger partial charge is 0.387 e. The molecule has 0 radical (unpaired) electrons. The van der Waals surface area contributed by atoms with Crippen LogP contribution in [0.5, 0.6) is 17.2 Å². The number of alkyl halides is 2. The quantitative estimate of drug-likeness (QED) is 0.161. The summed E-state index contributed by atoms with van der Waals surface area (Å²) in [7, 11) is -8.63. The van der Waals surface area contributed by atoms with E-state index in [4.69, 9.17) is 9.47 Å². The average molecular weight is 764 g/mol. The molecular weight excluding hydrogens is 733 g/mol. The fraction of sp³-hybridized carbons (Fsp3) is 0.242. The van der Waals surface area contributed by atoms with Gasteiger partial charge in [-0.3, -0.25) is 9.19 Å². The Bertz CT molecular complexity index is 2380. The molecule has 3 aromatic carbocycles. The van der Waals surface area contributed by atoms with Crippen LogP contribution in [0.15, 0.2) is 81.8 Å². The number of fused-ring (bicyclic) bond motifs is 1. The van der Waals surface area contributed by atoms with Crippen molar-refractivity contribution in [3.63, 3.8) is 0 Å². The third-order valence-electron chi connectivity index (χ3n) is 7.81. The van der Waals surface area contributed by atoms with Crippen LogP contribution in [0.25, 0.3) is 11.0 Å². The molecule has 0 bridgehead atoms. The number of carboxylic acid groups (broad SMARTS) is 1. The van der Waals surface area contributed by atoms with Gasteiger partial charge in [0.05, 0.1) is 68.6 Å². The number of rotatable bonds is 14. The molecule has 1 N–H and O–H groups in total. The van der Waals surface area contributed by atoms with Crippen LogP contribution in [0.1, 0.15) is 32.7 Å². The molecule has 0 aliphatic rings. The van der Waals surface area contributed by atoms with Gasteiger partial charge in [0.25, 0.3) is 10.0 Å². The zero-order valence-corrected chi connectivity index (χ0v) is 29.9. The SMILES string of the molecule is COc1ccnc(CS(=O)c2nc3cc(OC(F)F)ccc3n2S(=O)(=O)c2c(C)ccc(C(=O)O)c2CCS(=O)(=O)c2ccc(C)cc2)c1OC. The number of carbonyl (C=O) groups is 1. The van der Waals surface area contributed by atoms with Gasteiger partial charge in [0.2, 0.25) is 5.16 Å². The van der Waals surface area contributed by atoms with E-state index in [1.165, 1.54) is 57.7 Å². The lowest BCUT2D eigenvalue weighted by atomic mass is 10.0. The Morgan fingerprint density at radius 2 is 1.69 bits per heavy atom. The Labute approximate surface area is 294 Å². The highest BCUT2D eigenvalue weighted by atomic mass is 32.2. The molecule has 5 rings (SSSR count). The van der Waals surface area contributed by atoms with Gasteiger partial charge in [-0.25, -0.2) is 30.6 Å². The molecule has 51 heavy (non-hydrogen) atoms. The number of sulfone groups is 1. The monoisotopic (exact) mass is 763 g/mol. The number of pyridine rings is 1. The lowest BCUT2D eigenvalue weighted by Gasteiger charge is -2.18. The Hall–Kier alpha value is -4.94. The number of imidazole rings is 1. The summed E-state index contributed by atoms with van der Waals surface area (Å²) in [5.41, 5.74) is -0.212. The van der Waals surface area contributed by atoms with Gasteiger partial charge < -0.3 is 19.3 Å². The highest BCUT2D eigenvalue weighted by Crippen LogP contribution is 2.35. The second kappa shape index (κ2) is 14.7. The van der Waals surface area contributed by atoms with Gasteiger partial charge in [0, 0.05) is 18.3 Å². The largest absolute Gasteiger partial charge is 0.493 e. The maximum atomic E-state index is 14.9. The molecule has 18 heteroatoms. The fourth-order valence-electron chi connectivity index (χ4n) is 5.45. The van der Waals surface area contributed by atoms with Gasteiger partial charge in [0.1, 0.15) is 5.75 Å². The van der Waals surface area contributed by atoms with Gasteiger partial charge in [-0.2, -0.15) is 8.78 Å². The van der Waals surface area contributed by atoms with E-state index in [0.717, 1.165) is 23.8 Å². The number of aromatic carboxylic acids is 1. The molecule has 0 spiro atoms. The Morgan fingerprint density at radius 3 is 2.31 bits per heavy atom. The summed E-state index contributed by atoms with van der Waals surface area (Å²) in [5.74, 6) is -2.61. The van der Waals surface area contributed by atoms with Gasteiger partial charge in [0.15, 0.2) is 21.3 Å². The normalized spacial score (nSPS) is 12.6. The number of ether oxygens (including phenoxy) is 3. The number of hydrogen-bond donors (Lipinski definition) is 1. The minimum absolute atomic E-state index is 0.0382. The van der Waals surface area contributed by atoms with Crippen molar-refractivity contribution >= 4 is 47.7 Å². The van der Waals surface area contributed by atoms with Crippen LogP contribution in [-0.4, -0.2) is 72.6 Å². The van der Waals surface area contributed by atoms with Crippen molar-refractivity contribution in [1.29, 1.82) is 0 Å². The molecule has 5 aromatic rings. The van der Waals surface area contributed by atoms with Crippen LogP contribution >= 0.6 is 0 Å². The van der Waals surface area contributed by atoms with Crippen molar-refractivity contribution in [2.75, 3.05) is 20.0 Å². The van der Waals surface area contributed by atoms with Crippen molar-refractivity contribution in [3.8, 4) is 17.2 Å². The third kappa shape index (κ3) is 7.57. The van der Waals surface area contributed by atoms with E-state index in [9.17, 15) is 39.7 Å². The first-order chi connectivity index (χ1) is 24.1. The van der Waals surface area contributed by atoms with Gasteiger partial charge in [-0.05, 0) is 61.7 Å². The summed E-state index contributed by atoms with van der Waals surface area (Å²) >= 11 is 0. The summed E-state index contributed by atoms with van der Waals surface area (Å²) in [6.07, 6.45) is 0.829. The number of nitrogens with zero attached hydrogens (tertiary/aromatic N) is 3. The summed E-state index contributed by atoms with van der Waals surface area (Å²) in [4.78, 5) is 20.3. The van der Waals surface area contributed by atoms with Crippen LogP contribution in [0.4, 0.5) is 8.78 Å². The van der Waals surface area contributed by atoms with Crippen molar-refractivity contribution in [2.45, 2.75) is 47.6 Å². The molecule has 1 atom stereocenters. The van der Waals surface area contributed by atoms with Gasteiger partial charge in [-0.1, -0.05) is 23.8 Å². The lowest BCUT2D eigenvalue weighted by Crippen LogP contribution is -2.23. The predicted octanol–water partition coefficient (Wildman–Crippen LogP) is 4.93. The highest BCUT2D eigenvalue weighted by molar-refractivity contribution is 7.91. The molecule has 2 aromatic heterocycles. The molecule has 0 saturated heterocycles. The predicted molar refractivity (Wildman–Crippen MR) is 181 cm³/mol. The topological polar surface area (TPSA) is 181 Å². The van der Waals surface area contributed by atoms with Crippen LogP contribution in [0, 0.1) is 13.8 Å². The Kier molecular flexibility index (Phi) is 10.8. The van der Waals surface area contributed by atoms with Crippen molar-refractivity contribution in [2.24, 2.45) is 0 Å². The average Bonchev–Trinajstić information content (AvgIpc) is 3.47. The molecule has 270 valence electrons. The zero-order chi connectivity index (χ0) is 37.2. The summed E-state index contributed by atoms with van der Waals surface area (Å²) in [5, 5.41) is 9.55. The molecule has 13 nitrogen and oxygen atoms in total. The van der Waals surface area contributed by atoms with Crippen LogP contribution < -0.4 is 14.2 Å². The van der Waals surface area contributed by atoms with E-state index in [0.29, 0.717) is 3.97 Å². The number of hydrogen-bond acceptors (Lipinski definition) is 11. The molecule has 2 heterocycles. The second-order valence-corrected chi connectivity index (χ2v) is 16.3. The molecule has 1 unspecified atom stereocenters. The summed E-state index contributed by atoms with van der Waals surface area (Å²) in [6, 6.07) is 13.1. The number of benzene rings is 3. The van der Waals surface area contributed by atoms with Crippen LogP contribution in [0.3, 0.4) is 0 Å². The molecule has 0 saturated carbocycles. The molecule has 0 aliphatic heterocycles. The van der Waals surface area contributed by atoms with Crippen LogP contribution in [0.2, 0.25) is 0 Å². The molecular formula is C33H31F2N3O10S3. The minimum Gasteiger partial charge on any atom is -0.493 e. The first kappa shape index (κ1) is 37.3. The maximum Gasteiger partial charge on any atom is 0.387 e. The zero-order valence-electron chi connectivity index (χ0n) is 27.5. The van der Waals surface area contributed by atoms with E-state index < -0.39 is 76.8 Å². The summed E-state index contributed by atoms with van der Waals surface area (Å²) < 4.78 is 112. The Balaban J connectivity index is 1.71. The van der Waals surface area contributed by atoms with Crippen LogP contribution in [-0.2, 0) is 42.8 Å². The van der Waals surface area contributed by atoms with E-state index in [-0.39, 0.29) is 50.0 Å². The number of aryl methyl sites for hydroxylation is 2. The van der Waals surface area contributed by atoms with E-state index in [1.54, 1.807) is 19.1 Å². The maximum absolute atomic E-state index is 14.9. The lowest BCUT2D eigenvalue weighted by molar-refractivity contribution is -0.0497. The highest BCUT2D eigenvalue weighted by Gasteiger charge is 2.34. The van der Waals surface area contributed by atoms with Crippen molar-refractivity contribution < 1.29 is 53.9 Å². The van der Waals surface area contributed by atoms with E-state index in [2.05, 4.69) is 14.7 Å². The first-order valence-corrected chi connectivity index (χ1v) is 19.3. The number of aromatic nitrogens is 3. The fourth-order valence-corrected chi connectivity index (χ4v) is 10.2. The Morgan fingerprint density at radius 1 is 0.980 bits per heavy atom. The molecule has 0 aliphatic carbocycles. The van der Waals surface area contributed by atoms with Crippen molar-refractivity contribution in [1.82, 2.24) is 13.9 Å². The van der Waals surface area contributed by atoms with E-state index in [1.807, 2.05) is 0 Å². The first-order valence-electron chi connectivity index (χ1n) is 14.9. The second-order valence-electron chi connectivity index (χ2n) is 11.1. The van der Waals surface area contributed by atoms with Gasteiger partial charge in [-0.15, -0.1) is 0 Å². The molecule has 0 fully saturated rings. The minimum atomic E-state index is -4.97. The number of halogens is 2. The summed E-state index contributed by atoms with van der Waals surface area (Å²) in [6.45, 7) is -0.0449. The van der Waals surface area contributed by atoms with E-state index >= 15 is 0 Å². The molecule has 0 amide bonds. The van der Waals surface area contributed by atoms with Gasteiger partial charge >= 0.3 is 12.6 Å².